The first-order chi connectivity index (χ1) is 9.19. The average Bonchev–Trinajstić information content (AvgIpc) is 2.40. The summed E-state index contributed by atoms with van der Waals surface area (Å²) in [6.45, 7) is 2.46. The fourth-order valence-corrected chi connectivity index (χ4v) is 2.20. The van der Waals surface area contributed by atoms with Gasteiger partial charge in [-0.3, -0.25) is 0 Å². The zero-order valence-corrected chi connectivity index (χ0v) is 11.0. The Kier molecular flexibility index (Phi) is 2.87. The first kappa shape index (κ1) is 12.0. The fourth-order valence-electron chi connectivity index (χ4n) is 2.03. The maximum atomic E-state index is 12.3. The van der Waals surface area contributed by atoms with Crippen molar-refractivity contribution in [2.45, 2.75) is 6.92 Å². The molecule has 0 amide bonds. The summed E-state index contributed by atoms with van der Waals surface area (Å²) >= 11 is 5.92. The van der Waals surface area contributed by atoms with Crippen molar-refractivity contribution in [2.24, 2.45) is 0 Å². The molecule has 1 aromatic heterocycles. The van der Waals surface area contributed by atoms with Crippen LogP contribution in [0.3, 0.4) is 0 Å². The first-order valence-electron chi connectivity index (χ1n) is 5.94. The van der Waals surface area contributed by atoms with Gasteiger partial charge in [-0.1, -0.05) is 11.6 Å². The second-order valence-electron chi connectivity index (χ2n) is 4.12. The van der Waals surface area contributed by atoms with Gasteiger partial charge in [-0.05, 0) is 31.2 Å². The number of benzene rings is 2. The van der Waals surface area contributed by atoms with Crippen LogP contribution in [0.25, 0.3) is 22.1 Å². The summed E-state index contributed by atoms with van der Waals surface area (Å²) in [5.41, 5.74) is 2.18. The standard InChI is InChI=1S/C14H11ClN2O2/c1-2-19-10-4-5-11-14(8-10)17(18)13-6-3-9(15)7-12(13)16-11/h3-8H,2H2,1H3. The van der Waals surface area contributed by atoms with Crippen LogP contribution in [0, 0.1) is 5.21 Å². The Morgan fingerprint density at radius 2 is 2.00 bits per heavy atom. The number of rotatable bonds is 2. The van der Waals surface area contributed by atoms with Crippen LogP contribution in [0.1, 0.15) is 6.92 Å². The number of nitrogens with zero attached hydrogens (tertiary/aromatic N) is 2. The molecule has 0 N–H and O–H groups in total. The summed E-state index contributed by atoms with van der Waals surface area (Å²) in [6, 6.07) is 10.3. The fraction of sp³-hybridized carbons (Fsp3) is 0.143. The maximum absolute atomic E-state index is 12.3. The molecule has 0 saturated heterocycles. The minimum Gasteiger partial charge on any atom is -0.618 e. The van der Waals surface area contributed by atoms with Gasteiger partial charge in [0.1, 0.15) is 16.8 Å². The van der Waals surface area contributed by atoms with Crippen molar-refractivity contribution in [1.29, 1.82) is 0 Å². The van der Waals surface area contributed by atoms with E-state index in [0.717, 1.165) is 4.73 Å². The lowest BCUT2D eigenvalue weighted by molar-refractivity contribution is -0.548. The van der Waals surface area contributed by atoms with E-state index in [-0.39, 0.29) is 0 Å². The molecule has 0 radical (unpaired) electrons. The van der Waals surface area contributed by atoms with Crippen LogP contribution in [-0.2, 0) is 0 Å². The molecule has 0 bridgehead atoms. The number of ether oxygens (including phenoxy) is 1. The number of hydrogen-bond acceptors (Lipinski definition) is 3. The second-order valence-corrected chi connectivity index (χ2v) is 4.56. The number of fused-ring (bicyclic) bond motifs is 2. The molecule has 5 heteroatoms. The summed E-state index contributed by atoms with van der Waals surface area (Å²) in [7, 11) is 0. The quantitative estimate of drug-likeness (QED) is 0.410. The van der Waals surface area contributed by atoms with Crippen molar-refractivity contribution in [3.05, 3.63) is 46.6 Å². The van der Waals surface area contributed by atoms with Crippen molar-refractivity contribution in [3.63, 3.8) is 0 Å². The lowest BCUT2D eigenvalue weighted by Gasteiger charge is -2.07. The normalized spacial score (nSPS) is 11.1. The molecule has 2 aromatic carbocycles. The third kappa shape index (κ3) is 2.04. The van der Waals surface area contributed by atoms with E-state index >= 15 is 0 Å². The lowest BCUT2D eigenvalue weighted by atomic mass is 10.2. The Balaban J connectivity index is 2.33. The number of halogens is 1. The van der Waals surface area contributed by atoms with Gasteiger partial charge in [-0.2, -0.15) is 4.73 Å². The lowest BCUT2D eigenvalue weighted by Crippen LogP contribution is -2.28. The van der Waals surface area contributed by atoms with Gasteiger partial charge in [-0.25, -0.2) is 4.98 Å². The van der Waals surface area contributed by atoms with Crippen LogP contribution in [0.4, 0.5) is 0 Å². The highest BCUT2D eigenvalue weighted by molar-refractivity contribution is 6.31. The van der Waals surface area contributed by atoms with Gasteiger partial charge < -0.3 is 9.94 Å². The SMILES string of the molecule is CCOc1ccc2nc3cc(Cl)ccc3[n+]([O-])c2c1. The molecule has 0 saturated carbocycles. The van der Waals surface area contributed by atoms with E-state index < -0.39 is 0 Å². The van der Waals surface area contributed by atoms with Gasteiger partial charge in [-0.15, -0.1) is 0 Å². The summed E-state index contributed by atoms with van der Waals surface area (Å²) < 4.78 is 6.26. The summed E-state index contributed by atoms with van der Waals surface area (Å²) in [5, 5.41) is 12.9. The van der Waals surface area contributed by atoms with Crippen molar-refractivity contribution >= 4 is 33.7 Å². The number of hydrogen-bond donors (Lipinski definition) is 0. The van der Waals surface area contributed by atoms with E-state index in [4.69, 9.17) is 16.3 Å². The van der Waals surface area contributed by atoms with Crippen LogP contribution in [0.15, 0.2) is 36.4 Å². The zero-order valence-electron chi connectivity index (χ0n) is 10.3. The molecule has 0 aliphatic heterocycles. The molecule has 0 fully saturated rings. The van der Waals surface area contributed by atoms with Gasteiger partial charge in [0.15, 0.2) is 0 Å². The predicted octanol–water partition coefficient (Wildman–Crippen LogP) is 3.07. The topological polar surface area (TPSA) is 49.1 Å². The van der Waals surface area contributed by atoms with Gasteiger partial charge in [0, 0.05) is 11.1 Å². The van der Waals surface area contributed by atoms with Crippen molar-refractivity contribution in [1.82, 2.24) is 4.98 Å². The van der Waals surface area contributed by atoms with Crippen LogP contribution in [0.5, 0.6) is 5.75 Å². The maximum Gasteiger partial charge on any atom is 0.246 e. The van der Waals surface area contributed by atoms with Crippen LogP contribution >= 0.6 is 11.6 Å². The van der Waals surface area contributed by atoms with E-state index in [0.29, 0.717) is 39.4 Å². The summed E-state index contributed by atoms with van der Waals surface area (Å²) in [6.07, 6.45) is 0. The Morgan fingerprint density at radius 3 is 2.79 bits per heavy atom. The highest BCUT2D eigenvalue weighted by Crippen LogP contribution is 2.21. The van der Waals surface area contributed by atoms with Crippen molar-refractivity contribution < 1.29 is 9.47 Å². The zero-order chi connectivity index (χ0) is 13.4. The van der Waals surface area contributed by atoms with Gasteiger partial charge in [0.25, 0.3) is 0 Å². The smallest absolute Gasteiger partial charge is 0.246 e. The summed E-state index contributed by atoms with van der Waals surface area (Å²) in [5.74, 6) is 0.662. The average molecular weight is 275 g/mol. The Bertz CT molecular complexity index is 774. The molecule has 0 aliphatic carbocycles. The number of aromatic nitrogens is 2. The molecule has 0 aliphatic rings. The third-order valence-corrected chi connectivity index (χ3v) is 3.11. The summed E-state index contributed by atoms with van der Waals surface area (Å²) in [4.78, 5) is 4.44. The van der Waals surface area contributed by atoms with Crippen molar-refractivity contribution in [2.75, 3.05) is 6.61 Å². The van der Waals surface area contributed by atoms with E-state index in [2.05, 4.69) is 4.98 Å². The molecule has 0 unspecified atom stereocenters. The highest BCUT2D eigenvalue weighted by Gasteiger charge is 2.13. The Hall–Kier alpha value is -2.07. The molecule has 19 heavy (non-hydrogen) atoms. The molecule has 3 aromatic rings. The molecule has 0 spiro atoms. The van der Waals surface area contributed by atoms with E-state index in [1.54, 1.807) is 36.4 Å². The van der Waals surface area contributed by atoms with Gasteiger partial charge >= 0.3 is 0 Å². The second kappa shape index (κ2) is 4.55. The van der Waals surface area contributed by atoms with Crippen LogP contribution in [-0.4, -0.2) is 11.6 Å². The molecule has 3 rings (SSSR count). The van der Waals surface area contributed by atoms with Crippen LogP contribution in [0.2, 0.25) is 5.02 Å². The van der Waals surface area contributed by atoms with Gasteiger partial charge in [0.05, 0.1) is 12.7 Å². The minimum atomic E-state index is 0.487. The monoisotopic (exact) mass is 274 g/mol. The van der Waals surface area contributed by atoms with E-state index in [9.17, 15) is 5.21 Å². The van der Waals surface area contributed by atoms with Gasteiger partial charge in [0.2, 0.25) is 11.0 Å². The molecule has 0 atom stereocenters. The largest absolute Gasteiger partial charge is 0.618 e. The third-order valence-electron chi connectivity index (χ3n) is 2.87. The molecular formula is C14H11ClN2O2. The van der Waals surface area contributed by atoms with Crippen LogP contribution < -0.4 is 9.47 Å². The predicted molar refractivity (Wildman–Crippen MR) is 74.4 cm³/mol. The van der Waals surface area contributed by atoms with Crippen molar-refractivity contribution in [3.8, 4) is 5.75 Å². The minimum absolute atomic E-state index is 0.487. The first-order valence-corrected chi connectivity index (χ1v) is 6.32. The molecular weight excluding hydrogens is 264 g/mol. The Morgan fingerprint density at radius 1 is 1.16 bits per heavy atom. The molecule has 1 heterocycles. The van der Waals surface area contributed by atoms with E-state index in [1.807, 2.05) is 6.92 Å². The molecule has 4 nitrogen and oxygen atoms in total. The van der Waals surface area contributed by atoms with E-state index in [1.165, 1.54) is 0 Å². The highest BCUT2D eigenvalue weighted by atomic mass is 35.5. The molecule has 96 valence electrons. The Labute approximate surface area is 114 Å².